The lowest BCUT2D eigenvalue weighted by Crippen LogP contribution is -2.44. The topological polar surface area (TPSA) is 125 Å². The van der Waals surface area contributed by atoms with Gasteiger partial charge in [0, 0.05) is 22.9 Å². The second kappa shape index (κ2) is 20.4. The minimum absolute atomic E-state index is 0.177. The Morgan fingerprint density at radius 2 is 1.00 bits per heavy atom. The highest BCUT2D eigenvalue weighted by Gasteiger charge is 2.04. The van der Waals surface area contributed by atoms with Crippen molar-refractivity contribution < 1.29 is 19.1 Å². The number of para-hydroxylation sites is 2. The number of hydrogen-bond donors (Lipinski definition) is 6. The van der Waals surface area contributed by atoms with E-state index in [1.807, 2.05) is 60.7 Å². The van der Waals surface area contributed by atoms with Crippen LogP contribution in [0.2, 0.25) is 0 Å². The Morgan fingerprint density at radius 1 is 0.605 bits per heavy atom. The second-order valence-electron chi connectivity index (χ2n) is 7.32. The number of hydrazine groups is 2. The van der Waals surface area contributed by atoms with Gasteiger partial charge in [-0.1, -0.05) is 36.4 Å². The Labute approximate surface area is 242 Å². The molecule has 0 aliphatic carbocycles. The number of nitrogens with one attached hydrogen (secondary N) is 6. The molecule has 14 heteroatoms. The number of anilines is 2. The number of thioether (sulfide) groups is 2. The maximum Gasteiger partial charge on any atom is 0.248 e. The third-order valence-corrected chi connectivity index (χ3v) is 6.53. The Hall–Kier alpha value is -2.62. The van der Waals surface area contributed by atoms with Gasteiger partial charge in [0.15, 0.2) is 10.2 Å². The van der Waals surface area contributed by atoms with Crippen molar-refractivity contribution in [2.75, 3.05) is 60.1 Å². The van der Waals surface area contributed by atoms with Crippen molar-refractivity contribution >= 4 is 81.4 Å². The average Bonchev–Trinajstić information content (AvgIpc) is 2.92. The smallest absolute Gasteiger partial charge is 0.248 e. The molecular formula is C24H32N6O4S4. The number of rotatable bonds is 15. The molecule has 0 heterocycles. The molecule has 0 aromatic heterocycles. The molecule has 0 spiro atoms. The normalized spacial score (nSPS) is 10.2. The number of amides is 2. The van der Waals surface area contributed by atoms with Gasteiger partial charge >= 0.3 is 0 Å². The minimum Gasteiger partial charge on any atom is -0.378 e. The van der Waals surface area contributed by atoms with Crippen LogP contribution in [0.15, 0.2) is 60.7 Å². The molecule has 0 bridgehead atoms. The molecule has 2 amide bonds. The van der Waals surface area contributed by atoms with E-state index in [4.69, 9.17) is 33.9 Å². The van der Waals surface area contributed by atoms with Crippen LogP contribution in [0.1, 0.15) is 0 Å². The van der Waals surface area contributed by atoms with E-state index in [0.29, 0.717) is 48.2 Å². The number of ether oxygens (including phenoxy) is 2. The number of thiocarbonyl (C=S) groups is 2. The number of carbonyl (C=O) groups excluding carboxylic acids is 2. The lowest BCUT2D eigenvalue weighted by atomic mass is 10.3. The summed E-state index contributed by atoms with van der Waals surface area (Å²) in [5.41, 5.74) is 12.1. The largest absolute Gasteiger partial charge is 0.378 e. The van der Waals surface area contributed by atoms with Crippen LogP contribution >= 0.6 is 48.0 Å². The monoisotopic (exact) mass is 596 g/mol. The van der Waals surface area contributed by atoms with Crippen LogP contribution in [0.4, 0.5) is 11.4 Å². The zero-order valence-electron chi connectivity index (χ0n) is 20.7. The lowest BCUT2D eigenvalue weighted by Gasteiger charge is -2.11. The van der Waals surface area contributed by atoms with Crippen molar-refractivity contribution in [3.8, 4) is 0 Å². The van der Waals surface area contributed by atoms with Crippen molar-refractivity contribution in [2.45, 2.75) is 0 Å². The molecule has 0 fully saturated rings. The van der Waals surface area contributed by atoms with Crippen LogP contribution < -0.4 is 32.3 Å². The zero-order valence-corrected chi connectivity index (χ0v) is 24.0. The predicted octanol–water partition coefficient (Wildman–Crippen LogP) is 2.52. The van der Waals surface area contributed by atoms with Crippen molar-refractivity contribution in [3.05, 3.63) is 60.7 Å². The van der Waals surface area contributed by atoms with Crippen LogP contribution in [0.25, 0.3) is 0 Å². The first kappa shape index (κ1) is 31.6. The fraction of sp³-hybridized carbons (Fsp3) is 0.333. The first-order valence-corrected chi connectivity index (χ1v) is 14.8. The number of hydrogen-bond acceptors (Lipinski definition) is 8. The van der Waals surface area contributed by atoms with Gasteiger partial charge in [-0.05, 0) is 48.7 Å². The molecule has 10 nitrogen and oxygen atoms in total. The van der Waals surface area contributed by atoms with Gasteiger partial charge in [0.2, 0.25) is 11.8 Å². The quantitative estimate of drug-likeness (QED) is 0.103. The molecule has 2 aromatic rings. The van der Waals surface area contributed by atoms with Crippen LogP contribution in [-0.2, 0) is 19.1 Å². The SMILES string of the molecule is O=C(CSCCOCCOCCSCC(=O)NNC(=S)Nc1ccccc1)NNC(=S)Nc1ccccc1. The molecule has 0 aliphatic heterocycles. The summed E-state index contributed by atoms with van der Waals surface area (Å²) in [6, 6.07) is 18.9. The summed E-state index contributed by atoms with van der Waals surface area (Å²) in [4.78, 5) is 23.7. The molecule has 0 aliphatic rings. The summed E-state index contributed by atoms with van der Waals surface area (Å²) in [5.74, 6) is 1.59. The molecular weight excluding hydrogens is 565 g/mol. The summed E-state index contributed by atoms with van der Waals surface area (Å²) < 4.78 is 11.0. The van der Waals surface area contributed by atoms with Gasteiger partial charge in [-0.3, -0.25) is 31.3 Å². The van der Waals surface area contributed by atoms with Gasteiger partial charge in [0.05, 0.1) is 37.9 Å². The van der Waals surface area contributed by atoms with E-state index in [2.05, 4.69) is 32.3 Å². The third-order valence-electron chi connectivity index (χ3n) is 4.28. The molecule has 2 rings (SSSR count). The van der Waals surface area contributed by atoms with Gasteiger partial charge in [-0.15, -0.1) is 23.5 Å². The molecule has 0 saturated carbocycles. The highest BCUT2D eigenvalue weighted by molar-refractivity contribution is 8.00. The van der Waals surface area contributed by atoms with E-state index in [-0.39, 0.29) is 23.3 Å². The van der Waals surface area contributed by atoms with Gasteiger partial charge < -0.3 is 20.1 Å². The van der Waals surface area contributed by atoms with Crippen LogP contribution in [-0.4, -0.2) is 71.5 Å². The number of carbonyl (C=O) groups is 2. The van der Waals surface area contributed by atoms with Crippen molar-refractivity contribution in [1.29, 1.82) is 0 Å². The molecule has 0 atom stereocenters. The fourth-order valence-corrected chi connectivity index (χ4v) is 4.19. The highest BCUT2D eigenvalue weighted by atomic mass is 32.2. The molecule has 0 unspecified atom stereocenters. The summed E-state index contributed by atoms with van der Waals surface area (Å²) in [6.07, 6.45) is 0. The molecule has 0 radical (unpaired) electrons. The van der Waals surface area contributed by atoms with Gasteiger partial charge in [0.25, 0.3) is 0 Å². The Morgan fingerprint density at radius 3 is 1.39 bits per heavy atom. The lowest BCUT2D eigenvalue weighted by molar-refractivity contribution is -0.119. The van der Waals surface area contributed by atoms with Crippen LogP contribution in [0.3, 0.4) is 0 Å². The third kappa shape index (κ3) is 16.3. The summed E-state index contributed by atoms with van der Waals surface area (Å²) in [7, 11) is 0. The standard InChI is InChI=1S/C24H32N6O4S4/c31-21(27-29-23(35)25-19-7-3-1-4-8-19)17-37-15-13-33-11-12-34-14-16-38-18-22(32)28-30-24(36)26-20-9-5-2-6-10-20/h1-10H,11-18H2,(H,27,31)(H,28,32)(H2,25,29,35)(H2,26,30,36). The minimum atomic E-state index is -0.177. The first-order valence-electron chi connectivity index (χ1n) is 11.7. The summed E-state index contributed by atoms with van der Waals surface area (Å²) in [5, 5.41) is 6.56. The van der Waals surface area contributed by atoms with E-state index in [9.17, 15) is 9.59 Å². The summed E-state index contributed by atoms with van der Waals surface area (Å²) >= 11 is 13.2. The summed E-state index contributed by atoms with van der Waals surface area (Å²) in [6.45, 7) is 1.97. The van der Waals surface area contributed by atoms with E-state index in [0.717, 1.165) is 11.4 Å². The highest BCUT2D eigenvalue weighted by Crippen LogP contribution is 2.05. The molecule has 6 N–H and O–H groups in total. The Bertz CT molecular complexity index is 909. The van der Waals surface area contributed by atoms with Crippen molar-refractivity contribution in [3.63, 3.8) is 0 Å². The van der Waals surface area contributed by atoms with Gasteiger partial charge in [0.1, 0.15) is 0 Å². The van der Waals surface area contributed by atoms with Crippen molar-refractivity contribution in [1.82, 2.24) is 21.7 Å². The zero-order chi connectivity index (χ0) is 27.3. The van der Waals surface area contributed by atoms with Gasteiger partial charge in [-0.2, -0.15) is 0 Å². The molecule has 0 saturated heterocycles. The average molecular weight is 597 g/mol. The van der Waals surface area contributed by atoms with Crippen molar-refractivity contribution in [2.24, 2.45) is 0 Å². The van der Waals surface area contributed by atoms with E-state index >= 15 is 0 Å². The van der Waals surface area contributed by atoms with E-state index in [1.54, 1.807) is 0 Å². The molecule has 206 valence electrons. The van der Waals surface area contributed by atoms with Crippen LogP contribution in [0, 0.1) is 0 Å². The van der Waals surface area contributed by atoms with Crippen LogP contribution in [0.5, 0.6) is 0 Å². The predicted molar refractivity (Wildman–Crippen MR) is 164 cm³/mol. The van der Waals surface area contributed by atoms with E-state index < -0.39 is 0 Å². The fourth-order valence-electron chi connectivity index (χ4n) is 2.58. The molecule has 38 heavy (non-hydrogen) atoms. The maximum atomic E-state index is 11.9. The Kier molecular flexibility index (Phi) is 16.9. The second-order valence-corrected chi connectivity index (χ2v) is 10.3. The maximum absolute atomic E-state index is 11.9. The number of benzene rings is 2. The van der Waals surface area contributed by atoms with Gasteiger partial charge in [-0.25, -0.2) is 0 Å². The first-order chi connectivity index (χ1) is 18.5. The Balaban J connectivity index is 1.32. The molecule has 2 aromatic carbocycles. The van der Waals surface area contributed by atoms with E-state index in [1.165, 1.54) is 23.5 Å².